The molecular weight excluding hydrogens is 732 g/mol. The number of carbonyl (C=O) groups is 4. The maximum absolute atomic E-state index is 13.7. The lowest BCUT2D eigenvalue weighted by molar-refractivity contribution is -0.680. The molecule has 7 rings (SSSR count). The molecule has 16 nitrogen and oxygen atoms in total. The Kier molecular flexibility index (Phi) is 11.1. The summed E-state index contributed by atoms with van der Waals surface area (Å²) in [5.41, 5.74) is 3.31. The Bertz CT molecular complexity index is 2160. The smallest absolute Gasteiger partial charge is 0.407 e. The summed E-state index contributed by atoms with van der Waals surface area (Å²) in [6.07, 6.45) is 5.65. The van der Waals surface area contributed by atoms with Crippen LogP contribution in [-0.4, -0.2) is 88.1 Å². The Hall–Kier alpha value is -6.06. The number of carbonyl (C=O) groups excluding carboxylic acids is 4. The zero-order chi connectivity index (χ0) is 40.5. The normalized spacial score (nSPS) is 18.3. The number of ether oxygens (including phenoxy) is 4. The molecule has 4 amide bonds. The molecule has 4 atom stereocenters. The zero-order valence-electron chi connectivity index (χ0n) is 33.4. The minimum absolute atomic E-state index is 0.122. The van der Waals surface area contributed by atoms with Crippen molar-refractivity contribution >= 4 is 24.0 Å². The Balaban J connectivity index is 1.07. The van der Waals surface area contributed by atoms with E-state index in [0.717, 1.165) is 54.0 Å². The van der Waals surface area contributed by atoms with Crippen molar-refractivity contribution in [2.45, 2.75) is 77.5 Å². The van der Waals surface area contributed by atoms with E-state index in [0.29, 0.717) is 41.9 Å². The number of alkyl carbamates (subject to hydrolysis) is 2. The van der Waals surface area contributed by atoms with Crippen molar-refractivity contribution in [3.63, 3.8) is 0 Å². The average molecular weight is 784 g/mol. The standard InChI is InChI=1S/C41H50N8O8/c1-22(2)34(45-40(52)54-6)38(50)48-16-8-10-28(48)36-42-20-26(43-36)24-12-14-30-32(18-24)57-33-19-25(13-15-31(33)56-30)27-21-47(5)37(44-27)29-11-9-17-49(29)39(51)35(23(3)4)46-41(53)55-7/h12-15,18-23,28-29,34-35H,8-11,16-17H2,1-7H3,(H3,42,43,45,46,52,53)/p+1. The second kappa shape index (κ2) is 16.2. The maximum Gasteiger partial charge on any atom is 0.407 e. The first-order valence-corrected chi connectivity index (χ1v) is 19.4. The number of aryl methyl sites for hydroxylation is 1. The number of imidazole rings is 2. The highest BCUT2D eigenvalue weighted by Gasteiger charge is 2.41. The van der Waals surface area contributed by atoms with E-state index in [-0.39, 0.29) is 35.7 Å². The molecule has 0 spiro atoms. The molecule has 2 saturated heterocycles. The van der Waals surface area contributed by atoms with Gasteiger partial charge in [0.15, 0.2) is 28.7 Å². The van der Waals surface area contributed by atoms with Crippen LogP contribution in [-0.2, 0) is 26.1 Å². The monoisotopic (exact) mass is 783 g/mol. The average Bonchev–Trinajstić information content (AvgIpc) is 4.03. The van der Waals surface area contributed by atoms with Crippen LogP contribution in [0.3, 0.4) is 0 Å². The first-order valence-electron chi connectivity index (χ1n) is 19.4. The van der Waals surface area contributed by atoms with Gasteiger partial charge in [-0.2, -0.15) is 0 Å². The summed E-state index contributed by atoms with van der Waals surface area (Å²) in [6.45, 7) is 8.73. The van der Waals surface area contributed by atoms with E-state index in [4.69, 9.17) is 18.9 Å². The number of methoxy groups -OCH3 is 2. The minimum atomic E-state index is -0.718. The number of hydrogen-bond acceptors (Lipinski definition) is 9. The van der Waals surface area contributed by atoms with Crippen molar-refractivity contribution in [3.8, 4) is 45.5 Å². The van der Waals surface area contributed by atoms with E-state index in [1.165, 1.54) is 14.2 Å². The summed E-state index contributed by atoms with van der Waals surface area (Å²) in [6, 6.07) is 9.56. The van der Waals surface area contributed by atoms with E-state index in [1.54, 1.807) is 11.1 Å². The SMILES string of the molecule is COC(=O)NC(C(=O)N1CCCC1c1ncc(-c2ccc3c(c2)Oc2cc(-c4c[n+](C)c(C5CCCN5C(=O)C(NC(=O)OC)C(C)C)[nH]4)ccc2O3)[nH]1)C(C)C. The number of amides is 4. The van der Waals surface area contributed by atoms with Crippen LogP contribution in [0.4, 0.5) is 9.59 Å². The van der Waals surface area contributed by atoms with Gasteiger partial charge in [0.1, 0.15) is 30.1 Å². The maximum atomic E-state index is 13.7. The molecule has 2 fully saturated rings. The van der Waals surface area contributed by atoms with Crippen molar-refractivity contribution in [3.05, 3.63) is 60.4 Å². The molecule has 2 aromatic heterocycles. The van der Waals surface area contributed by atoms with Crippen molar-refractivity contribution in [1.29, 1.82) is 0 Å². The zero-order valence-corrected chi connectivity index (χ0v) is 33.4. The third-order valence-corrected chi connectivity index (χ3v) is 11.0. The summed E-state index contributed by atoms with van der Waals surface area (Å²) in [5, 5.41) is 5.40. The Morgan fingerprint density at radius 2 is 1.26 bits per heavy atom. The predicted molar refractivity (Wildman–Crippen MR) is 207 cm³/mol. The van der Waals surface area contributed by atoms with Crippen LogP contribution in [0, 0.1) is 11.8 Å². The molecule has 57 heavy (non-hydrogen) atoms. The summed E-state index contributed by atoms with van der Waals surface area (Å²) in [7, 11) is 4.52. The predicted octanol–water partition coefficient (Wildman–Crippen LogP) is 5.88. The number of rotatable bonds is 10. The highest BCUT2D eigenvalue weighted by atomic mass is 16.6. The molecule has 0 radical (unpaired) electrons. The van der Waals surface area contributed by atoms with Crippen LogP contribution in [0.25, 0.3) is 22.5 Å². The van der Waals surface area contributed by atoms with Gasteiger partial charge in [0.05, 0.1) is 39.2 Å². The van der Waals surface area contributed by atoms with Gasteiger partial charge in [0.2, 0.25) is 11.8 Å². The molecule has 3 aliphatic heterocycles. The molecule has 302 valence electrons. The highest BCUT2D eigenvalue weighted by Crippen LogP contribution is 2.48. The lowest BCUT2D eigenvalue weighted by Crippen LogP contribution is -2.52. The first kappa shape index (κ1) is 39.2. The van der Waals surface area contributed by atoms with Gasteiger partial charge in [0, 0.05) is 24.2 Å². The number of likely N-dealkylation sites (tertiary alicyclic amines) is 2. The van der Waals surface area contributed by atoms with Gasteiger partial charge in [-0.3, -0.25) is 9.59 Å². The third kappa shape index (κ3) is 7.85. The van der Waals surface area contributed by atoms with Gasteiger partial charge in [-0.1, -0.05) is 27.7 Å². The number of H-pyrrole nitrogens is 2. The minimum Gasteiger partial charge on any atom is -0.453 e. The van der Waals surface area contributed by atoms with Gasteiger partial charge in [-0.25, -0.2) is 24.1 Å². The topological polar surface area (TPSA) is 184 Å². The molecule has 4 aromatic rings. The van der Waals surface area contributed by atoms with Gasteiger partial charge in [-0.05, 0) is 73.9 Å². The number of nitrogens with zero attached hydrogens (tertiary/aromatic N) is 4. The van der Waals surface area contributed by atoms with E-state index in [1.807, 2.05) is 86.8 Å². The van der Waals surface area contributed by atoms with Gasteiger partial charge >= 0.3 is 12.2 Å². The molecule has 2 aromatic carbocycles. The van der Waals surface area contributed by atoms with Crippen molar-refractivity contribution in [2.75, 3.05) is 27.3 Å². The van der Waals surface area contributed by atoms with E-state index < -0.39 is 24.3 Å². The lowest BCUT2D eigenvalue weighted by Gasteiger charge is -2.30. The summed E-state index contributed by atoms with van der Waals surface area (Å²) >= 11 is 0. The third-order valence-electron chi connectivity index (χ3n) is 11.0. The summed E-state index contributed by atoms with van der Waals surface area (Å²) in [4.78, 5) is 66.7. The van der Waals surface area contributed by atoms with Crippen molar-refractivity contribution in [1.82, 2.24) is 35.4 Å². The van der Waals surface area contributed by atoms with Gasteiger partial charge in [-0.15, -0.1) is 0 Å². The number of aromatic amines is 2. The second-order valence-corrected chi connectivity index (χ2v) is 15.5. The molecule has 0 bridgehead atoms. The molecular formula is C41H51N8O8+. The number of benzene rings is 2. The second-order valence-electron chi connectivity index (χ2n) is 15.5. The van der Waals surface area contributed by atoms with E-state index in [2.05, 4.69) is 25.6 Å². The largest absolute Gasteiger partial charge is 0.453 e. The van der Waals surface area contributed by atoms with E-state index >= 15 is 0 Å². The Morgan fingerprint density at radius 1 is 0.754 bits per heavy atom. The van der Waals surface area contributed by atoms with Crippen LogP contribution in [0.1, 0.15) is 77.1 Å². The fraction of sp³-hybridized carbons (Fsp3) is 0.463. The highest BCUT2D eigenvalue weighted by molar-refractivity contribution is 5.87. The number of nitrogens with one attached hydrogen (secondary N) is 4. The molecule has 4 unspecified atom stereocenters. The van der Waals surface area contributed by atoms with Crippen molar-refractivity contribution < 1.29 is 42.7 Å². The fourth-order valence-corrected chi connectivity index (χ4v) is 7.94. The fourth-order valence-electron chi connectivity index (χ4n) is 7.94. The van der Waals surface area contributed by atoms with Crippen LogP contribution < -0.4 is 24.7 Å². The van der Waals surface area contributed by atoms with Crippen LogP contribution in [0.15, 0.2) is 48.8 Å². The molecule has 5 heterocycles. The summed E-state index contributed by atoms with van der Waals surface area (Å²) in [5.74, 6) is 3.23. The van der Waals surface area contributed by atoms with E-state index in [9.17, 15) is 19.2 Å². The van der Waals surface area contributed by atoms with Crippen LogP contribution >= 0.6 is 0 Å². The van der Waals surface area contributed by atoms with Gasteiger partial charge < -0.3 is 44.4 Å². The lowest BCUT2D eigenvalue weighted by atomic mass is 10.0. The Morgan fingerprint density at radius 3 is 1.81 bits per heavy atom. The van der Waals surface area contributed by atoms with Gasteiger partial charge in [0.25, 0.3) is 5.82 Å². The molecule has 4 N–H and O–H groups in total. The Labute approximate surface area is 331 Å². The molecule has 0 aliphatic carbocycles. The van der Waals surface area contributed by atoms with Crippen LogP contribution in [0.5, 0.6) is 23.0 Å². The molecule has 3 aliphatic rings. The quantitative estimate of drug-likeness (QED) is 0.126. The van der Waals surface area contributed by atoms with Crippen molar-refractivity contribution in [2.24, 2.45) is 18.9 Å². The number of hydrogen-bond donors (Lipinski definition) is 4. The molecule has 0 saturated carbocycles. The number of fused-ring (bicyclic) bond motifs is 2. The molecule has 16 heteroatoms. The number of aromatic nitrogens is 4. The summed E-state index contributed by atoms with van der Waals surface area (Å²) < 4.78 is 24.3. The van der Waals surface area contributed by atoms with Crippen LogP contribution in [0.2, 0.25) is 0 Å². The first-order chi connectivity index (χ1) is 27.4.